The number of rotatable bonds is 2. The van der Waals surface area contributed by atoms with Gasteiger partial charge in [0.25, 0.3) is 0 Å². The van der Waals surface area contributed by atoms with Crippen LogP contribution >= 0.6 is 0 Å². The van der Waals surface area contributed by atoms with Crippen molar-refractivity contribution in [3.63, 3.8) is 0 Å². The summed E-state index contributed by atoms with van der Waals surface area (Å²) >= 11 is 0. The summed E-state index contributed by atoms with van der Waals surface area (Å²) in [4.78, 5) is 13.9. The predicted molar refractivity (Wildman–Crippen MR) is 38.7 cm³/mol. The van der Waals surface area contributed by atoms with Gasteiger partial charge in [-0.15, -0.1) is 0 Å². The molecule has 0 amide bonds. The molecular weight excluding hydrogens is 140 g/mol. The summed E-state index contributed by atoms with van der Waals surface area (Å²) in [6.07, 6.45) is 1.04. The first kappa shape index (κ1) is 7.42. The Morgan fingerprint density at radius 3 is 3.09 bits per heavy atom. The molecule has 0 N–H and O–H groups in total. The maximum absolute atomic E-state index is 10.1. The van der Waals surface area contributed by atoms with Crippen LogP contribution in [0.25, 0.3) is 0 Å². The molecule has 0 aliphatic heterocycles. The standard InChI is InChI=1S/C8H6N2O/c9-6-8-3-1-2-7(10-8)4-5-11/h1-3,5H,4H2. The number of hydrogen-bond acceptors (Lipinski definition) is 3. The fourth-order valence-electron chi connectivity index (χ4n) is 0.741. The molecule has 3 nitrogen and oxygen atoms in total. The minimum absolute atomic E-state index is 0.273. The van der Waals surface area contributed by atoms with Crippen molar-refractivity contribution in [3.8, 4) is 6.07 Å². The highest BCUT2D eigenvalue weighted by molar-refractivity contribution is 5.53. The van der Waals surface area contributed by atoms with Gasteiger partial charge in [0, 0.05) is 12.1 Å². The van der Waals surface area contributed by atoms with E-state index in [1.807, 2.05) is 6.07 Å². The Morgan fingerprint density at radius 1 is 1.64 bits per heavy atom. The van der Waals surface area contributed by atoms with Crippen LogP contribution in [0.1, 0.15) is 11.4 Å². The number of aldehydes is 1. The molecule has 0 aromatic carbocycles. The second-order valence-corrected chi connectivity index (χ2v) is 2.00. The molecule has 0 spiro atoms. The minimum Gasteiger partial charge on any atom is -0.303 e. The summed E-state index contributed by atoms with van der Waals surface area (Å²) in [5, 5.41) is 8.43. The zero-order valence-electron chi connectivity index (χ0n) is 5.82. The first-order valence-corrected chi connectivity index (χ1v) is 3.16. The van der Waals surface area contributed by atoms with E-state index in [4.69, 9.17) is 5.26 Å². The Bertz CT molecular complexity index is 301. The normalized spacial score (nSPS) is 8.64. The van der Waals surface area contributed by atoms with Gasteiger partial charge in [0.15, 0.2) is 0 Å². The fourth-order valence-corrected chi connectivity index (χ4v) is 0.741. The molecule has 0 radical (unpaired) electrons. The van der Waals surface area contributed by atoms with Gasteiger partial charge in [0.1, 0.15) is 18.0 Å². The first-order chi connectivity index (χ1) is 5.36. The van der Waals surface area contributed by atoms with Gasteiger partial charge < -0.3 is 4.79 Å². The van der Waals surface area contributed by atoms with E-state index in [2.05, 4.69) is 4.98 Å². The third kappa shape index (κ3) is 1.87. The van der Waals surface area contributed by atoms with Crippen molar-refractivity contribution >= 4 is 6.29 Å². The van der Waals surface area contributed by atoms with E-state index in [1.165, 1.54) is 0 Å². The Hall–Kier alpha value is -1.69. The van der Waals surface area contributed by atoms with Gasteiger partial charge >= 0.3 is 0 Å². The molecule has 0 bridgehead atoms. The Balaban J connectivity index is 2.93. The molecular formula is C8H6N2O. The molecule has 0 saturated heterocycles. The number of carbonyl (C=O) groups is 1. The van der Waals surface area contributed by atoms with Crippen molar-refractivity contribution in [3.05, 3.63) is 29.6 Å². The lowest BCUT2D eigenvalue weighted by Gasteiger charge is -1.92. The zero-order valence-corrected chi connectivity index (χ0v) is 5.82. The molecule has 1 aromatic rings. The predicted octanol–water partition coefficient (Wildman–Crippen LogP) is 0.695. The topological polar surface area (TPSA) is 53.8 Å². The smallest absolute Gasteiger partial charge is 0.140 e. The Morgan fingerprint density at radius 2 is 2.45 bits per heavy atom. The monoisotopic (exact) mass is 146 g/mol. The number of nitrogens with zero attached hydrogens (tertiary/aromatic N) is 2. The first-order valence-electron chi connectivity index (χ1n) is 3.16. The maximum atomic E-state index is 10.1. The van der Waals surface area contributed by atoms with Crippen LogP contribution in [0.4, 0.5) is 0 Å². The number of pyridine rings is 1. The summed E-state index contributed by atoms with van der Waals surface area (Å²) < 4.78 is 0. The molecule has 3 heteroatoms. The van der Waals surface area contributed by atoms with Gasteiger partial charge in [-0.2, -0.15) is 5.26 Å². The van der Waals surface area contributed by atoms with Crippen LogP contribution in [0.15, 0.2) is 18.2 Å². The molecule has 0 fully saturated rings. The van der Waals surface area contributed by atoms with Gasteiger partial charge in [0.2, 0.25) is 0 Å². The van der Waals surface area contributed by atoms with Crippen LogP contribution < -0.4 is 0 Å². The quantitative estimate of drug-likeness (QED) is 0.577. The molecule has 0 unspecified atom stereocenters. The molecule has 1 aromatic heterocycles. The second-order valence-electron chi connectivity index (χ2n) is 2.00. The van der Waals surface area contributed by atoms with Gasteiger partial charge in [-0.25, -0.2) is 4.98 Å². The largest absolute Gasteiger partial charge is 0.303 e. The Kier molecular flexibility index (Phi) is 2.34. The number of carbonyl (C=O) groups excluding carboxylic acids is 1. The Labute approximate surface area is 64.3 Å². The maximum Gasteiger partial charge on any atom is 0.140 e. The number of nitriles is 1. The molecule has 0 atom stereocenters. The van der Waals surface area contributed by atoms with Crippen LogP contribution in [0.2, 0.25) is 0 Å². The van der Waals surface area contributed by atoms with E-state index in [0.717, 1.165) is 6.29 Å². The van der Waals surface area contributed by atoms with Crippen LogP contribution in [0.3, 0.4) is 0 Å². The van der Waals surface area contributed by atoms with Gasteiger partial charge in [-0.05, 0) is 12.1 Å². The molecule has 0 aliphatic rings. The summed E-state index contributed by atoms with van der Waals surface area (Å²) in [5.41, 5.74) is 0.989. The summed E-state index contributed by atoms with van der Waals surface area (Å²) in [5.74, 6) is 0. The highest BCUT2D eigenvalue weighted by Gasteiger charge is 1.94. The third-order valence-corrected chi connectivity index (χ3v) is 1.21. The van der Waals surface area contributed by atoms with E-state index in [0.29, 0.717) is 11.4 Å². The molecule has 0 aliphatic carbocycles. The van der Waals surface area contributed by atoms with Gasteiger partial charge in [0.05, 0.1) is 0 Å². The highest BCUT2D eigenvalue weighted by Crippen LogP contribution is 1.97. The summed E-state index contributed by atoms with van der Waals surface area (Å²) in [7, 11) is 0. The van der Waals surface area contributed by atoms with E-state index in [1.54, 1.807) is 18.2 Å². The lowest BCUT2D eigenvalue weighted by molar-refractivity contribution is -0.107. The lowest BCUT2D eigenvalue weighted by Crippen LogP contribution is -1.92. The van der Waals surface area contributed by atoms with Crippen molar-refractivity contribution < 1.29 is 4.79 Å². The molecule has 1 rings (SSSR count). The molecule has 54 valence electrons. The van der Waals surface area contributed by atoms with Gasteiger partial charge in [-0.1, -0.05) is 6.07 Å². The van der Waals surface area contributed by atoms with Crippen molar-refractivity contribution in [1.29, 1.82) is 5.26 Å². The van der Waals surface area contributed by atoms with Crippen molar-refractivity contribution in [2.75, 3.05) is 0 Å². The summed E-state index contributed by atoms with van der Waals surface area (Å²) in [6, 6.07) is 6.93. The number of aromatic nitrogens is 1. The van der Waals surface area contributed by atoms with Gasteiger partial charge in [-0.3, -0.25) is 0 Å². The van der Waals surface area contributed by atoms with E-state index in [9.17, 15) is 4.79 Å². The average molecular weight is 146 g/mol. The van der Waals surface area contributed by atoms with E-state index >= 15 is 0 Å². The van der Waals surface area contributed by atoms with Crippen LogP contribution in [-0.4, -0.2) is 11.3 Å². The van der Waals surface area contributed by atoms with Crippen LogP contribution in [-0.2, 0) is 11.2 Å². The zero-order chi connectivity index (χ0) is 8.10. The SMILES string of the molecule is N#Cc1cccc(CC=O)n1. The van der Waals surface area contributed by atoms with Crippen molar-refractivity contribution in [2.24, 2.45) is 0 Å². The second kappa shape index (κ2) is 3.47. The lowest BCUT2D eigenvalue weighted by atomic mass is 10.2. The molecule has 1 heterocycles. The van der Waals surface area contributed by atoms with Crippen molar-refractivity contribution in [2.45, 2.75) is 6.42 Å². The van der Waals surface area contributed by atoms with Crippen molar-refractivity contribution in [1.82, 2.24) is 4.98 Å². The van der Waals surface area contributed by atoms with Crippen LogP contribution in [0.5, 0.6) is 0 Å². The minimum atomic E-state index is 0.273. The highest BCUT2D eigenvalue weighted by atomic mass is 16.1. The van der Waals surface area contributed by atoms with E-state index in [-0.39, 0.29) is 6.42 Å². The van der Waals surface area contributed by atoms with E-state index < -0.39 is 0 Å². The molecule has 0 saturated carbocycles. The third-order valence-electron chi connectivity index (χ3n) is 1.21. The van der Waals surface area contributed by atoms with Crippen LogP contribution in [0, 0.1) is 11.3 Å². The number of hydrogen-bond donors (Lipinski definition) is 0. The fraction of sp³-hybridized carbons (Fsp3) is 0.125. The average Bonchev–Trinajstić information content (AvgIpc) is 2.06. The summed E-state index contributed by atoms with van der Waals surface area (Å²) in [6.45, 7) is 0. The molecule has 11 heavy (non-hydrogen) atoms.